The molecule has 0 spiro atoms. The molecule has 3 aromatic rings. The van der Waals surface area contributed by atoms with E-state index in [1.54, 1.807) is 19.4 Å². The summed E-state index contributed by atoms with van der Waals surface area (Å²) in [5, 5.41) is 5.78. The zero-order chi connectivity index (χ0) is 26.7. The van der Waals surface area contributed by atoms with Crippen molar-refractivity contribution in [2.24, 2.45) is 0 Å². The summed E-state index contributed by atoms with van der Waals surface area (Å²) in [6.07, 6.45) is 4.22. The Bertz CT molecular complexity index is 1240. The van der Waals surface area contributed by atoms with Crippen molar-refractivity contribution >= 4 is 22.7 Å². The molecule has 1 aliphatic rings. The van der Waals surface area contributed by atoms with Crippen LogP contribution in [-0.2, 0) is 22.5 Å². The summed E-state index contributed by atoms with van der Waals surface area (Å²) in [5.74, 6) is 0.314. The Hall–Kier alpha value is -3.17. The number of methoxy groups -OCH3 is 1. The molecule has 0 unspecified atom stereocenters. The number of piperidine rings is 1. The first-order valence-electron chi connectivity index (χ1n) is 12.9. The number of hydrogen-bond acceptors (Lipinski definition) is 8. The number of aromatic nitrogens is 3. The lowest BCUT2D eigenvalue weighted by Crippen LogP contribution is -2.42. The van der Waals surface area contributed by atoms with Gasteiger partial charge in [0.05, 0.1) is 25.5 Å². The first-order chi connectivity index (χ1) is 17.6. The van der Waals surface area contributed by atoms with Gasteiger partial charge in [0.15, 0.2) is 5.65 Å². The van der Waals surface area contributed by atoms with Gasteiger partial charge < -0.3 is 25.0 Å². The van der Waals surface area contributed by atoms with Gasteiger partial charge in [-0.05, 0) is 72.9 Å². The van der Waals surface area contributed by atoms with Crippen LogP contribution in [0.4, 0.5) is 5.69 Å². The molecule has 2 aromatic heterocycles. The second kappa shape index (κ2) is 11.1. The Morgan fingerprint density at radius 3 is 2.54 bits per heavy atom. The van der Waals surface area contributed by atoms with Crippen LogP contribution in [0.5, 0.6) is 5.75 Å². The summed E-state index contributed by atoms with van der Waals surface area (Å²) in [7, 11) is 5.92. The van der Waals surface area contributed by atoms with Gasteiger partial charge in [0, 0.05) is 35.6 Å². The number of nitrogen functional groups attached to an aromatic ring is 1. The summed E-state index contributed by atoms with van der Waals surface area (Å²) in [6.45, 7) is 9.38. The number of carbonyl (C=O) groups excluding carboxylic acids is 1. The fourth-order valence-electron chi connectivity index (χ4n) is 4.95. The van der Waals surface area contributed by atoms with Gasteiger partial charge in [-0.3, -0.25) is 4.79 Å². The van der Waals surface area contributed by atoms with Gasteiger partial charge in [-0.2, -0.15) is 5.10 Å². The van der Waals surface area contributed by atoms with Crippen LogP contribution in [0.3, 0.4) is 0 Å². The van der Waals surface area contributed by atoms with E-state index in [4.69, 9.17) is 20.3 Å². The third-order valence-corrected chi connectivity index (χ3v) is 6.90. The predicted octanol–water partition coefficient (Wildman–Crippen LogP) is 3.60. The maximum Gasteiger partial charge on any atom is 0.310 e. The summed E-state index contributed by atoms with van der Waals surface area (Å²) in [5.41, 5.74) is 9.66. The number of ether oxygens (including phenoxy) is 2. The molecule has 0 atom stereocenters. The summed E-state index contributed by atoms with van der Waals surface area (Å²) < 4.78 is 13.1. The molecule has 0 radical (unpaired) electrons. The first kappa shape index (κ1) is 26.9. The molecule has 200 valence electrons. The highest BCUT2D eigenvalue weighted by Gasteiger charge is 2.23. The molecule has 1 aliphatic heterocycles. The van der Waals surface area contributed by atoms with Crippen LogP contribution in [0.2, 0.25) is 0 Å². The number of fused-ring (bicyclic) bond motifs is 1. The smallest absolute Gasteiger partial charge is 0.310 e. The lowest BCUT2D eigenvalue weighted by molar-refractivity contribution is -0.153. The van der Waals surface area contributed by atoms with Crippen LogP contribution in [-0.4, -0.2) is 83.0 Å². The number of anilines is 1. The average molecular weight is 509 g/mol. The zero-order valence-corrected chi connectivity index (χ0v) is 23.0. The molecule has 9 nitrogen and oxygen atoms in total. The lowest BCUT2D eigenvalue weighted by Gasteiger charge is -2.35. The minimum Gasteiger partial charge on any atom is -0.496 e. The minimum atomic E-state index is -0.539. The van der Waals surface area contributed by atoms with Crippen molar-refractivity contribution in [2.75, 3.05) is 46.6 Å². The maximum atomic E-state index is 12.4. The number of nitrogens with zero attached hydrogens (tertiary/aromatic N) is 5. The third kappa shape index (κ3) is 6.40. The van der Waals surface area contributed by atoms with Gasteiger partial charge in [0.25, 0.3) is 0 Å². The predicted molar refractivity (Wildman–Crippen MR) is 147 cm³/mol. The first-order valence-corrected chi connectivity index (χ1v) is 12.9. The fourth-order valence-corrected chi connectivity index (χ4v) is 4.95. The van der Waals surface area contributed by atoms with Crippen molar-refractivity contribution in [3.8, 4) is 17.0 Å². The van der Waals surface area contributed by atoms with Crippen molar-refractivity contribution in [2.45, 2.75) is 58.2 Å². The molecule has 2 N–H and O–H groups in total. The Labute approximate surface area is 219 Å². The van der Waals surface area contributed by atoms with Gasteiger partial charge >= 0.3 is 5.97 Å². The van der Waals surface area contributed by atoms with Gasteiger partial charge in [-0.1, -0.05) is 12.1 Å². The zero-order valence-electron chi connectivity index (χ0n) is 23.0. The van der Waals surface area contributed by atoms with Crippen LogP contribution in [0, 0.1) is 0 Å². The van der Waals surface area contributed by atoms with Gasteiger partial charge in [-0.15, -0.1) is 0 Å². The Morgan fingerprint density at radius 2 is 1.89 bits per heavy atom. The average Bonchev–Trinajstić information content (AvgIpc) is 3.22. The van der Waals surface area contributed by atoms with Crippen LogP contribution in [0.25, 0.3) is 22.3 Å². The number of esters is 1. The van der Waals surface area contributed by atoms with Gasteiger partial charge in [0.1, 0.15) is 17.0 Å². The molecule has 1 aromatic carbocycles. The molecule has 1 fully saturated rings. The van der Waals surface area contributed by atoms with E-state index < -0.39 is 5.60 Å². The van der Waals surface area contributed by atoms with Crippen LogP contribution < -0.4 is 10.5 Å². The molecular formula is C28H40N6O3. The molecule has 1 saturated heterocycles. The number of carbonyl (C=O) groups is 1. The molecule has 37 heavy (non-hydrogen) atoms. The van der Waals surface area contributed by atoms with E-state index in [2.05, 4.69) is 28.9 Å². The number of nitrogens with two attached hydrogens (primary N) is 1. The normalized spacial score (nSPS) is 15.4. The van der Waals surface area contributed by atoms with Crippen LogP contribution >= 0.6 is 0 Å². The number of likely N-dealkylation sites (tertiary alicyclic amines) is 1. The second-order valence-corrected chi connectivity index (χ2v) is 11.0. The number of hydrogen-bond donors (Lipinski definition) is 1. The molecule has 9 heteroatoms. The second-order valence-electron chi connectivity index (χ2n) is 11.0. The van der Waals surface area contributed by atoms with Crippen molar-refractivity contribution in [3.05, 3.63) is 36.0 Å². The van der Waals surface area contributed by atoms with E-state index in [1.165, 1.54) is 12.8 Å². The van der Waals surface area contributed by atoms with E-state index >= 15 is 0 Å². The molecular weight excluding hydrogens is 468 g/mol. The van der Waals surface area contributed by atoms with E-state index in [0.29, 0.717) is 17.5 Å². The Morgan fingerprint density at radius 1 is 1.16 bits per heavy atom. The molecule has 0 saturated carbocycles. The van der Waals surface area contributed by atoms with Crippen LogP contribution in [0.15, 0.2) is 30.5 Å². The highest BCUT2D eigenvalue weighted by atomic mass is 16.6. The van der Waals surface area contributed by atoms with E-state index in [1.807, 2.05) is 43.7 Å². The lowest BCUT2D eigenvalue weighted by atomic mass is 10.0. The molecule has 3 heterocycles. The van der Waals surface area contributed by atoms with Crippen molar-refractivity contribution in [3.63, 3.8) is 0 Å². The summed E-state index contributed by atoms with van der Waals surface area (Å²) in [6, 6.07) is 8.21. The number of benzene rings is 1. The monoisotopic (exact) mass is 508 g/mol. The van der Waals surface area contributed by atoms with Gasteiger partial charge in [0.2, 0.25) is 0 Å². The number of rotatable bonds is 8. The molecule has 0 bridgehead atoms. The van der Waals surface area contributed by atoms with Crippen LogP contribution in [0.1, 0.15) is 39.2 Å². The summed E-state index contributed by atoms with van der Waals surface area (Å²) >= 11 is 0. The van der Waals surface area contributed by atoms with Crippen molar-refractivity contribution < 1.29 is 14.3 Å². The van der Waals surface area contributed by atoms with Gasteiger partial charge in [-0.25, -0.2) is 9.67 Å². The number of pyridine rings is 1. The topological polar surface area (TPSA) is 98.7 Å². The fraction of sp³-hybridized carbons (Fsp3) is 0.536. The van der Waals surface area contributed by atoms with Crippen molar-refractivity contribution in [1.82, 2.24) is 24.6 Å². The van der Waals surface area contributed by atoms with E-state index in [0.717, 1.165) is 54.0 Å². The summed E-state index contributed by atoms with van der Waals surface area (Å²) in [4.78, 5) is 21.8. The van der Waals surface area contributed by atoms with E-state index in [9.17, 15) is 4.79 Å². The van der Waals surface area contributed by atoms with Crippen molar-refractivity contribution in [1.29, 1.82) is 0 Å². The standard InChI is InChI=1S/C28H40N6O3/c1-28(2,3)37-24(35)18-19-7-8-20(17-23(19)36-6)26-25-22(29)9-12-30-27(25)34(31-26)16-15-33-13-10-21(11-14-33)32(4)5/h7-9,12,17,21H,10-11,13-16,18H2,1-6H3,(H2,29,30). The largest absolute Gasteiger partial charge is 0.496 e. The third-order valence-electron chi connectivity index (χ3n) is 6.90. The Kier molecular flexibility index (Phi) is 8.04. The minimum absolute atomic E-state index is 0.129. The molecule has 0 aliphatic carbocycles. The quantitative estimate of drug-likeness (QED) is 0.461. The molecule has 0 amide bonds. The highest BCUT2D eigenvalue weighted by Crippen LogP contribution is 2.34. The highest BCUT2D eigenvalue weighted by molar-refractivity contribution is 5.99. The van der Waals surface area contributed by atoms with E-state index in [-0.39, 0.29) is 12.4 Å². The maximum absolute atomic E-state index is 12.4. The SMILES string of the molecule is COc1cc(-c2nn(CCN3CCC(N(C)C)CC3)c3nccc(N)c23)ccc1CC(=O)OC(C)(C)C. The Balaban J connectivity index is 1.57. The molecule has 4 rings (SSSR count).